The van der Waals surface area contributed by atoms with Crippen LogP contribution in [-0.2, 0) is 6.42 Å². The van der Waals surface area contributed by atoms with Crippen molar-refractivity contribution in [3.63, 3.8) is 0 Å². The Morgan fingerprint density at radius 3 is 2.88 bits per heavy atom. The van der Waals surface area contributed by atoms with Gasteiger partial charge in [0.2, 0.25) is 11.8 Å². The molecule has 5 nitrogen and oxygen atoms in total. The fourth-order valence-electron chi connectivity index (χ4n) is 2.96. The van der Waals surface area contributed by atoms with Gasteiger partial charge in [0.15, 0.2) is 5.82 Å². The van der Waals surface area contributed by atoms with Gasteiger partial charge in [-0.1, -0.05) is 11.2 Å². The summed E-state index contributed by atoms with van der Waals surface area (Å²) in [6.45, 7) is 0. The van der Waals surface area contributed by atoms with Gasteiger partial charge in [-0.05, 0) is 35.6 Å². The third-order valence-corrected chi connectivity index (χ3v) is 4.32. The first-order chi connectivity index (χ1) is 12.1. The van der Waals surface area contributed by atoms with Crippen molar-refractivity contribution in [3.05, 3.63) is 71.0 Å². The van der Waals surface area contributed by atoms with Crippen LogP contribution in [0.15, 0.2) is 41.1 Å². The van der Waals surface area contributed by atoms with Gasteiger partial charge in [-0.2, -0.15) is 4.98 Å². The van der Waals surface area contributed by atoms with E-state index in [1.165, 1.54) is 12.1 Å². The van der Waals surface area contributed by atoms with Crippen molar-refractivity contribution >= 4 is 0 Å². The summed E-state index contributed by atoms with van der Waals surface area (Å²) in [5.74, 6) is 0.388. The van der Waals surface area contributed by atoms with Crippen LogP contribution < -0.4 is 4.74 Å². The van der Waals surface area contributed by atoms with Gasteiger partial charge in [0, 0.05) is 30.7 Å². The lowest BCUT2D eigenvalue weighted by Gasteiger charge is -2.01. The number of hydrogen-bond acceptors (Lipinski definition) is 5. The minimum Gasteiger partial charge on any atom is -0.481 e. The summed E-state index contributed by atoms with van der Waals surface area (Å²) in [6.07, 6.45) is 2.86. The maximum atomic E-state index is 13.9. The first kappa shape index (κ1) is 15.7. The Labute approximate surface area is 142 Å². The van der Waals surface area contributed by atoms with E-state index in [9.17, 15) is 8.78 Å². The zero-order valence-corrected chi connectivity index (χ0v) is 13.4. The maximum Gasteiger partial charge on any atom is 0.230 e. The van der Waals surface area contributed by atoms with E-state index in [2.05, 4.69) is 15.1 Å². The summed E-state index contributed by atoms with van der Waals surface area (Å²) in [4.78, 5) is 8.46. The Bertz CT molecular complexity index is 913. The van der Waals surface area contributed by atoms with Crippen LogP contribution in [0.2, 0.25) is 0 Å². The van der Waals surface area contributed by atoms with Crippen molar-refractivity contribution in [1.82, 2.24) is 15.1 Å². The third kappa shape index (κ3) is 3.22. The highest BCUT2D eigenvalue weighted by atomic mass is 19.1. The Hall–Kier alpha value is -2.83. The van der Waals surface area contributed by atoms with Crippen LogP contribution in [0.3, 0.4) is 0 Å². The third-order valence-electron chi connectivity index (χ3n) is 4.32. The normalized spacial score (nSPS) is 19.0. The molecule has 0 radical (unpaired) electrons. The van der Waals surface area contributed by atoms with Gasteiger partial charge in [0.25, 0.3) is 0 Å². The minimum atomic E-state index is -0.577. The molecule has 128 valence electrons. The topological polar surface area (TPSA) is 61.0 Å². The van der Waals surface area contributed by atoms with E-state index in [-0.39, 0.29) is 11.8 Å². The second-order valence-electron chi connectivity index (χ2n) is 6.05. The number of nitrogens with zero attached hydrogens (tertiary/aromatic N) is 3. The van der Waals surface area contributed by atoms with Gasteiger partial charge in [-0.25, -0.2) is 13.8 Å². The van der Waals surface area contributed by atoms with Crippen molar-refractivity contribution in [2.24, 2.45) is 0 Å². The van der Waals surface area contributed by atoms with E-state index in [1.54, 1.807) is 13.3 Å². The summed E-state index contributed by atoms with van der Waals surface area (Å²) in [6, 6.07) is 7.32. The van der Waals surface area contributed by atoms with Crippen LogP contribution in [0.25, 0.3) is 0 Å². The Morgan fingerprint density at radius 2 is 2.08 bits per heavy atom. The minimum absolute atomic E-state index is 0.0202. The van der Waals surface area contributed by atoms with Crippen molar-refractivity contribution < 1.29 is 18.0 Å². The molecule has 0 spiro atoms. The number of pyridine rings is 1. The van der Waals surface area contributed by atoms with Crippen LogP contribution in [0.5, 0.6) is 5.88 Å². The first-order valence-corrected chi connectivity index (χ1v) is 7.90. The zero-order valence-electron chi connectivity index (χ0n) is 13.4. The number of halogens is 2. The highest BCUT2D eigenvalue weighted by Crippen LogP contribution is 2.54. The van der Waals surface area contributed by atoms with E-state index < -0.39 is 11.6 Å². The van der Waals surface area contributed by atoms with Gasteiger partial charge >= 0.3 is 0 Å². The standard InChI is InChI=1S/C18H15F2N3O2/c1-24-17-7-10(4-5-21-17)6-16-22-18(25-23-16)14-9-13(14)12-3-2-11(19)8-15(12)20/h2-5,7-8,13-14H,6,9H2,1H3/t13-,14+/m0/s1. The molecule has 2 heterocycles. The molecule has 1 aliphatic carbocycles. The van der Waals surface area contributed by atoms with Crippen LogP contribution in [-0.4, -0.2) is 22.2 Å². The van der Waals surface area contributed by atoms with Gasteiger partial charge in [-0.3, -0.25) is 0 Å². The van der Waals surface area contributed by atoms with Gasteiger partial charge in [0.05, 0.1) is 7.11 Å². The van der Waals surface area contributed by atoms with Gasteiger partial charge in [0.1, 0.15) is 11.6 Å². The summed E-state index contributed by atoms with van der Waals surface area (Å²) < 4.78 is 37.3. The van der Waals surface area contributed by atoms with Gasteiger partial charge < -0.3 is 9.26 Å². The van der Waals surface area contributed by atoms with Crippen LogP contribution in [0.1, 0.15) is 41.1 Å². The molecular weight excluding hydrogens is 328 g/mol. The van der Waals surface area contributed by atoms with E-state index in [4.69, 9.17) is 9.26 Å². The van der Waals surface area contributed by atoms with E-state index in [0.29, 0.717) is 36.0 Å². The monoisotopic (exact) mass is 343 g/mol. The fourth-order valence-corrected chi connectivity index (χ4v) is 2.96. The molecule has 25 heavy (non-hydrogen) atoms. The molecule has 7 heteroatoms. The molecule has 4 rings (SSSR count). The maximum absolute atomic E-state index is 13.9. The Morgan fingerprint density at radius 1 is 1.20 bits per heavy atom. The highest BCUT2D eigenvalue weighted by Gasteiger charge is 2.45. The fraction of sp³-hybridized carbons (Fsp3) is 0.278. The molecule has 0 unspecified atom stereocenters. The van der Waals surface area contributed by atoms with Crippen molar-refractivity contribution in [2.45, 2.75) is 24.7 Å². The molecule has 0 saturated heterocycles. The molecular formula is C18H15F2N3O2. The SMILES string of the molecule is COc1cc(Cc2noc([C@@H]3C[C@H]3c3ccc(F)cc3F)n2)ccn1. The first-order valence-electron chi connectivity index (χ1n) is 7.90. The molecule has 1 saturated carbocycles. The molecule has 0 amide bonds. The molecule has 1 aromatic carbocycles. The number of methoxy groups -OCH3 is 1. The molecule has 0 aliphatic heterocycles. The lowest BCUT2D eigenvalue weighted by Crippen LogP contribution is -1.94. The number of benzene rings is 1. The van der Waals surface area contributed by atoms with Crippen molar-refractivity contribution in [1.29, 1.82) is 0 Å². The van der Waals surface area contributed by atoms with Crippen LogP contribution in [0, 0.1) is 11.6 Å². The molecule has 1 aliphatic rings. The largest absolute Gasteiger partial charge is 0.481 e. The molecule has 1 fully saturated rings. The van der Waals surface area contributed by atoms with Crippen LogP contribution >= 0.6 is 0 Å². The summed E-state index contributed by atoms with van der Waals surface area (Å²) in [5.41, 5.74) is 1.45. The summed E-state index contributed by atoms with van der Waals surface area (Å²) in [5, 5.41) is 3.99. The smallest absolute Gasteiger partial charge is 0.230 e. The lowest BCUT2D eigenvalue weighted by molar-refractivity contribution is 0.373. The van der Waals surface area contributed by atoms with Gasteiger partial charge in [-0.15, -0.1) is 0 Å². The Kier molecular flexibility index (Phi) is 3.91. The molecule has 0 bridgehead atoms. The predicted molar refractivity (Wildman–Crippen MR) is 84.4 cm³/mol. The quantitative estimate of drug-likeness (QED) is 0.708. The second kappa shape index (κ2) is 6.23. The second-order valence-corrected chi connectivity index (χ2v) is 6.05. The molecule has 0 N–H and O–H groups in total. The number of aromatic nitrogens is 3. The average molecular weight is 343 g/mol. The average Bonchev–Trinajstić information content (AvgIpc) is 3.26. The molecule has 3 aromatic rings. The lowest BCUT2D eigenvalue weighted by atomic mass is 10.1. The number of rotatable bonds is 5. The summed E-state index contributed by atoms with van der Waals surface area (Å²) in [7, 11) is 1.56. The van der Waals surface area contributed by atoms with Crippen LogP contribution in [0.4, 0.5) is 8.78 Å². The zero-order chi connectivity index (χ0) is 17.4. The predicted octanol–water partition coefficient (Wildman–Crippen LogP) is 3.61. The van der Waals surface area contributed by atoms with E-state index >= 15 is 0 Å². The summed E-state index contributed by atoms with van der Waals surface area (Å²) >= 11 is 0. The van der Waals surface area contributed by atoms with E-state index in [0.717, 1.165) is 11.6 Å². The highest BCUT2D eigenvalue weighted by molar-refractivity contribution is 5.32. The van der Waals surface area contributed by atoms with Crippen molar-refractivity contribution in [2.75, 3.05) is 7.11 Å². The molecule has 2 atom stereocenters. The number of ether oxygens (including phenoxy) is 1. The number of hydrogen-bond donors (Lipinski definition) is 0. The van der Waals surface area contributed by atoms with Crippen molar-refractivity contribution in [3.8, 4) is 5.88 Å². The Balaban J connectivity index is 1.47. The molecule has 2 aromatic heterocycles. The van der Waals surface area contributed by atoms with E-state index in [1.807, 2.05) is 12.1 Å².